The van der Waals surface area contributed by atoms with E-state index in [1.807, 2.05) is 0 Å². The van der Waals surface area contributed by atoms with Gasteiger partial charge in [-0.05, 0) is 6.58 Å². The van der Waals surface area contributed by atoms with Gasteiger partial charge in [-0.15, -0.1) is 0 Å². The first kappa shape index (κ1) is 9.80. The quantitative estimate of drug-likeness (QED) is 0.358. The van der Waals surface area contributed by atoms with Crippen LogP contribution in [-0.4, -0.2) is 12.1 Å². The van der Waals surface area contributed by atoms with Crippen molar-refractivity contribution in [1.29, 1.82) is 0 Å². The summed E-state index contributed by atoms with van der Waals surface area (Å²) in [7, 11) is 0. The summed E-state index contributed by atoms with van der Waals surface area (Å²) in [5, 5.41) is 0. The molecule has 0 fully saturated rings. The maximum Gasteiger partial charge on any atom is 0.453 e. The molecule has 0 bridgehead atoms. The lowest BCUT2D eigenvalue weighted by molar-refractivity contribution is -0.277. The van der Waals surface area contributed by atoms with E-state index < -0.39 is 17.9 Å². The third-order valence-corrected chi connectivity index (χ3v) is 0.576. The summed E-state index contributed by atoms with van der Waals surface area (Å²) in [5.41, 5.74) is 0. The normalized spacial score (nSPS) is 10.5. The van der Waals surface area contributed by atoms with Gasteiger partial charge in [-0.25, -0.2) is 4.79 Å². The Morgan fingerprint density at radius 2 is 1.82 bits per heavy atom. The van der Waals surface area contributed by atoms with E-state index in [1.54, 1.807) is 0 Å². The smallest absolute Gasteiger partial charge is 0.282 e. The van der Waals surface area contributed by atoms with Crippen LogP contribution in [0.3, 0.4) is 0 Å². The SMILES string of the molecule is C=C(OOC(C)=O)C(F)(F)F. The van der Waals surface area contributed by atoms with Crippen LogP contribution in [0, 0.1) is 0 Å². The van der Waals surface area contributed by atoms with E-state index >= 15 is 0 Å². The molecule has 0 radical (unpaired) electrons. The second-order valence-corrected chi connectivity index (χ2v) is 1.58. The van der Waals surface area contributed by atoms with Crippen LogP contribution in [0.15, 0.2) is 12.3 Å². The van der Waals surface area contributed by atoms with Crippen molar-refractivity contribution in [2.24, 2.45) is 0 Å². The fourth-order valence-electron chi connectivity index (χ4n) is 0.156. The van der Waals surface area contributed by atoms with Crippen molar-refractivity contribution in [3.8, 4) is 0 Å². The monoisotopic (exact) mass is 170 g/mol. The molecule has 0 aromatic carbocycles. The number of rotatable bonds is 2. The molecule has 0 aliphatic rings. The van der Waals surface area contributed by atoms with Crippen molar-refractivity contribution in [3.63, 3.8) is 0 Å². The van der Waals surface area contributed by atoms with E-state index in [0.717, 1.165) is 6.92 Å². The van der Waals surface area contributed by atoms with Crippen LogP contribution in [0.25, 0.3) is 0 Å². The average molecular weight is 170 g/mol. The number of carbonyl (C=O) groups excluding carboxylic acids is 1. The Kier molecular flexibility index (Phi) is 2.91. The third-order valence-electron chi connectivity index (χ3n) is 0.576. The molecule has 0 amide bonds. The first-order valence-electron chi connectivity index (χ1n) is 2.45. The Morgan fingerprint density at radius 1 is 1.36 bits per heavy atom. The molecule has 0 unspecified atom stereocenters. The molecule has 0 heterocycles. The predicted octanol–water partition coefficient (Wildman–Crippen LogP) is 1.56. The van der Waals surface area contributed by atoms with Gasteiger partial charge < -0.3 is 0 Å². The predicted molar refractivity (Wildman–Crippen MR) is 28.0 cm³/mol. The Labute approximate surface area is 60.3 Å². The van der Waals surface area contributed by atoms with E-state index in [9.17, 15) is 18.0 Å². The van der Waals surface area contributed by atoms with Crippen LogP contribution in [0.5, 0.6) is 0 Å². The van der Waals surface area contributed by atoms with Gasteiger partial charge in [0.2, 0.25) is 0 Å². The fraction of sp³-hybridized carbons (Fsp3) is 0.400. The summed E-state index contributed by atoms with van der Waals surface area (Å²) >= 11 is 0. The highest BCUT2D eigenvalue weighted by Gasteiger charge is 2.36. The minimum Gasteiger partial charge on any atom is -0.282 e. The molecule has 0 saturated heterocycles. The van der Waals surface area contributed by atoms with Gasteiger partial charge in [0, 0.05) is 6.92 Å². The van der Waals surface area contributed by atoms with Crippen LogP contribution in [0.4, 0.5) is 13.2 Å². The van der Waals surface area contributed by atoms with E-state index in [4.69, 9.17) is 0 Å². The maximum atomic E-state index is 11.5. The summed E-state index contributed by atoms with van der Waals surface area (Å²) in [4.78, 5) is 17.0. The number of carbonyl (C=O) groups is 1. The molecule has 6 heteroatoms. The Morgan fingerprint density at radius 3 is 2.09 bits per heavy atom. The highest BCUT2D eigenvalue weighted by Crippen LogP contribution is 2.24. The summed E-state index contributed by atoms with van der Waals surface area (Å²) in [6.45, 7) is 3.38. The van der Waals surface area contributed by atoms with E-state index in [-0.39, 0.29) is 0 Å². The first-order valence-corrected chi connectivity index (χ1v) is 2.45. The van der Waals surface area contributed by atoms with Gasteiger partial charge in [0.15, 0.2) is 0 Å². The van der Waals surface area contributed by atoms with Crippen LogP contribution < -0.4 is 0 Å². The number of halogens is 3. The minimum atomic E-state index is -4.70. The first-order chi connectivity index (χ1) is 4.84. The summed E-state index contributed by atoms with van der Waals surface area (Å²) in [6, 6.07) is 0. The van der Waals surface area contributed by atoms with Crippen molar-refractivity contribution in [2.45, 2.75) is 13.1 Å². The Balaban J connectivity index is 3.80. The van der Waals surface area contributed by atoms with Crippen molar-refractivity contribution in [2.75, 3.05) is 0 Å². The summed E-state index contributed by atoms with van der Waals surface area (Å²) in [5.74, 6) is -2.54. The lowest BCUT2D eigenvalue weighted by atomic mass is 10.6. The molecular weight excluding hydrogens is 165 g/mol. The average Bonchev–Trinajstić information content (AvgIpc) is 1.80. The topological polar surface area (TPSA) is 35.5 Å². The van der Waals surface area contributed by atoms with Crippen molar-refractivity contribution >= 4 is 5.97 Å². The van der Waals surface area contributed by atoms with Crippen LogP contribution in [-0.2, 0) is 14.6 Å². The van der Waals surface area contributed by atoms with E-state index in [2.05, 4.69) is 16.4 Å². The molecule has 0 aliphatic heterocycles. The standard InChI is InChI=1S/C5H5F3O3/c1-3(5(6,7)8)10-11-4(2)9/h1H2,2H3. The molecule has 0 N–H and O–H groups in total. The minimum absolute atomic E-state index is 0.906. The molecule has 0 spiro atoms. The highest BCUT2D eigenvalue weighted by atomic mass is 19.4. The maximum absolute atomic E-state index is 11.5. The number of allylic oxidation sites excluding steroid dienone is 1. The zero-order valence-electron chi connectivity index (χ0n) is 5.57. The zero-order valence-corrected chi connectivity index (χ0v) is 5.57. The fourth-order valence-corrected chi connectivity index (χ4v) is 0.156. The van der Waals surface area contributed by atoms with E-state index in [1.165, 1.54) is 0 Å². The molecule has 0 saturated carbocycles. The number of hydrogen-bond acceptors (Lipinski definition) is 3. The van der Waals surface area contributed by atoms with Crippen LogP contribution >= 0.6 is 0 Å². The molecule has 0 rings (SSSR count). The second kappa shape index (κ2) is 3.27. The van der Waals surface area contributed by atoms with Crippen molar-refractivity contribution in [3.05, 3.63) is 12.3 Å². The molecular formula is C5H5F3O3. The van der Waals surface area contributed by atoms with Gasteiger partial charge in [0.25, 0.3) is 5.76 Å². The molecule has 0 aromatic heterocycles. The molecule has 0 atom stereocenters. The second-order valence-electron chi connectivity index (χ2n) is 1.58. The number of hydrogen-bond donors (Lipinski definition) is 0. The van der Waals surface area contributed by atoms with Gasteiger partial charge in [-0.3, -0.25) is 9.78 Å². The zero-order chi connectivity index (χ0) is 9.07. The van der Waals surface area contributed by atoms with Gasteiger partial charge >= 0.3 is 12.1 Å². The highest BCUT2D eigenvalue weighted by molar-refractivity contribution is 5.65. The van der Waals surface area contributed by atoms with Crippen molar-refractivity contribution < 1.29 is 27.7 Å². The van der Waals surface area contributed by atoms with Gasteiger partial charge in [0.05, 0.1) is 0 Å². The van der Waals surface area contributed by atoms with Gasteiger partial charge in [-0.2, -0.15) is 13.2 Å². The van der Waals surface area contributed by atoms with Crippen LogP contribution in [0.1, 0.15) is 6.92 Å². The molecule has 64 valence electrons. The van der Waals surface area contributed by atoms with Gasteiger partial charge in [0.1, 0.15) is 0 Å². The number of alkyl halides is 3. The summed E-state index contributed by atoms with van der Waals surface area (Å²) < 4.78 is 34.5. The molecule has 3 nitrogen and oxygen atoms in total. The largest absolute Gasteiger partial charge is 0.453 e. The van der Waals surface area contributed by atoms with Crippen molar-refractivity contribution in [1.82, 2.24) is 0 Å². The molecule has 0 aromatic rings. The lowest BCUT2D eigenvalue weighted by Gasteiger charge is -2.07. The Hall–Kier alpha value is -1.20. The van der Waals surface area contributed by atoms with Crippen LogP contribution in [0.2, 0.25) is 0 Å². The third kappa shape index (κ3) is 4.24. The lowest BCUT2D eigenvalue weighted by Crippen LogP contribution is -2.15. The van der Waals surface area contributed by atoms with E-state index in [0.29, 0.717) is 0 Å². The summed E-state index contributed by atoms with van der Waals surface area (Å²) in [6.07, 6.45) is -4.70. The Bertz CT molecular complexity index is 172. The molecule has 0 aliphatic carbocycles. The van der Waals surface area contributed by atoms with Gasteiger partial charge in [-0.1, -0.05) is 0 Å². The molecule has 11 heavy (non-hydrogen) atoms.